The lowest BCUT2D eigenvalue weighted by molar-refractivity contribution is -0.0704. The van der Waals surface area contributed by atoms with Crippen LogP contribution in [0.25, 0.3) is 0 Å². The van der Waals surface area contributed by atoms with E-state index in [0.29, 0.717) is 6.42 Å². The first-order valence-corrected chi connectivity index (χ1v) is 7.34. The number of carbonyl (C=O) groups excluding carboxylic acids is 1. The molecule has 1 fully saturated rings. The molecule has 104 valence electrons. The Bertz CT molecular complexity index is 453. The minimum Gasteiger partial charge on any atom is -0.378 e. The fraction of sp³-hybridized carbons (Fsp3) is 0.588. The molecule has 0 aliphatic heterocycles. The topological polar surface area (TPSA) is 26.3 Å². The molecule has 0 saturated heterocycles. The third kappa shape index (κ3) is 2.89. The second kappa shape index (κ2) is 5.87. The van der Waals surface area contributed by atoms with Crippen LogP contribution in [0.2, 0.25) is 0 Å². The Morgan fingerprint density at radius 3 is 2.37 bits per heavy atom. The highest BCUT2D eigenvalue weighted by Gasteiger charge is 2.39. The Morgan fingerprint density at radius 1 is 1.21 bits per heavy atom. The van der Waals surface area contributed by atoms with Gasteiger partial charge in [-0.1, -0.05) is 26.0 Å². The van der Waals surface area contributed by atoms with E-state index >= 15 is 0 Å². The summed E-state index contributed by atoms with van der Waals surface area (Å²) in [6, 6.07) is 6.15. The van der Waals surface area contributed by atoms with Gasteiger partial charge in [0.1, 0.15) is 0 Å². The van der Waals surface area contributed by atoms with E-state index in [1.165, 1.54) is 17.5 Å². The lowest BCUT2D eigenvalue weighted by Crippen LogP contribution is -2.41. The summed E-state index contributed by atoms with van der Waals surface area (Å²) < 4.78 is 5.55. The summed E-state index contributed by atoms with van der Waals surface area (Å²) in [6.45, 7) is 4.30. The van der Waals surface area contributed by atoms with Crippen LogP contribution in [0.4, 0.5) is 0 Å². The minimum absolute atomic E-state index is 0.174. The first-order chi connectivity index (χ1) is 9.14. The van der Waals surface area contributed by atoms with Crippen LogP contribution in [0.1, 0.15) is 61.0 Å². The summed E-state index contributed by atoms with van der Waals surface area (Å²) in [5.41, 5.74) is 3.32. The molecule has 0 amide bonds. The van der Waals surface area contributed by atoms with Crippen LogP contribution in [-0.2, 0) is 17.6 Å². The van der Waals surface area contributed by atoms with Crippen LogP contribution in [-0.4, -0.2) is 18.5 Å². The Balaban J connectivity index is 2.15. The molecule has 2 nitrogen and oxygen atoms in total. The molecule has 1 saturated carbocycles. The number of aryl methyl sites for hydroxylation is 2. The Hall–Kier alpha value is -1.15. The van der Waals surface area contributed by atoms with Crippen molar-refractivity contribution in [1.82, 2.24) is 0 Å². The van der Waals surface area contributed by atoms with Crippen molar-refractivity contribution in [3.8, 4) is 0 Å². The minimum atomic E-state index is -0.174. The molecule has 0 heterocycles. The van der Waals surface area contributed by atoms with Crippen LogP contribution >= 0.6 is 0 Å². The van der Waals surface area contributed by atoms with Crippen LogP contribution in [0.5, 0.6) is 0 Å². The highest BCUT2D eigenvalue weighted by atomic mass is 16.5. The normalized spacial score (nSPS) is 17.0. The predicted molar refractivity (Wildman–Crippen MR) is 77.7 cm³/mol. The Labute approximate surface area is 116 Å². The molecule has 0 bridgehead atoms. The molecule has 0 radical (unpaired) electrons. The molecule has 0 spiro atoms. The zero-order chi connectivity index (χ0) is 13.9. The summed E-state index contributed by atoms with van der Waals surface area (Å²) in [6.07, 6.45) is 5.75. The van der Waals surface area contributed by atoms with Gasteiger partial charge in [-0.05, 0) is 49.3 Å². The molecule has 0 atom stereocenters. The monoisotopic (exact) mass is 260 g/mol. The fourth-order valence-electron chi connectivity index (χ4n) is 2.89. The number of hydrogen-bond donors (Lipinski definition) is 0. The molecule has 1 aromatic rings. The van der Waals surface area contributed by atoms with Gasteiger partial charge in [-0.15, -0.1) is 0 Å². The summed E-state index contributed by atoms with van der Waals surface area (Å²) in [5.74, 6) is 0.221. The second-order valence-electron chi connectivity index (χ2n) is 5.53. The van der Waals surface area contributed by atoms with Gasteiger partial charge in [-0.3, -0.25) is 4.79 Å². The van der Waals surface area contributed by atoms with Crippen molar-refractivity contribution in [2.24, 2.45) is 0 Å². The summed E-state index contributed by atoms with van der Waals surface area (Å²) in [7, 11) is 1.73. The van der Waals surface area contributed by atoms with E-state index in [4.69, 9.17) is 4.74 Å². The number of methoxy groups -OCH3 is 1. The predicted octanol–water partition coefficient (Wildman–Crippen LogP) is 3.95. The van der Waals surface area contributed by atoms with Crippen LogP contribution in [0, 0.1) is 0 Å². The van der Waals surface area contributed by atoms with Crippen molar-refractivity contribution in [1.29, 1.82) is 0 Å². The smallest absolute Gasteiger partial charge is 0.165 e. The maximum Gasteiger partial charge on any atom is 0.165 e. The lowest BCUT2D eigenvalue weighted by Gasteiger charge is -2.40. The molecule has 1 aliphatic rings. The van der Waals surface area contributed by atoms with E-state index in [2.05, 4.69) is 26.0 Å². The molecular formula is C17H24O2. The van der Waals surface area contributed by atoms with E-state index < -0.39 is 0 Å². The highest BCUT2D eigenvalue weighted by molar-refractivity contribution is 5.97. The van der Waals surface area contributed by atoms with Gasteiger partial charge in [0.15, 0.2) is 5.78 Å². The third-order valence-electron chi connectivity index (χ3n) is 4.47. The fourth-order valence-corrected chi connectivity index (χ4v) is 2.89. The van der Waals surface area contributed by atoms with Gasteiger partial charge in [-0.25, -0.2) is 0 Å². The maximum absolute atomic E-state index is 12.4. The number of rotatable bonds is 6. The van der Waals surface area contributed by atoms with Crippen LogP contribution in [0.3, 0.4) is 0 Å². The first-order valence-electron chi connectivity index (χ1n) is 7.34. The largest absolute Gasteiger partial charge is 0.378 e. The van der Waals surface area contributed by atoms with Crippen LogP contribution < -0.4 is 0 Å². The van der Waals surface area contributed by atoms with Crippen molar-refractivity contribution in [2.45, 2.75) is 58.0 Å². The van der Waals surface area contributed by atoms with Gasteiger partial charge in [-0.2, -0.15) is 0 Å². The summed E-state index contributed by atoms with van der Waals surface area (Å²) in [5, 5.41) is 0. The van der Waals surface area contributed by atoms with E-state index in [9.17, 15) is 4.79 Å². The molecule has 1 aliphatic carbocycles. The van der Waals surface area contributed by atoms with E-state index in [0.717, 1.165) is 31.2 Å². The summed E-state index contributed by atoms with van der Waals surface area (Å²) in [4.78, 5) is 12.4. The Kier molecular flexibility index (Phi) is 4.41. The molecule has 1 aromatic carbocycles. The molecule has 0 aromatic heterocycles. The zero-order valence-electron chi connectivity index (χ0n) is 12.3. The molecule has 0 N–H and O–H groups in total. The van der Waals surface area contributed by atoms with Crippen molar-refractivity contribution in [3.63, 3.8) is 0 Å². The SMILES string of the molecule is CCc1ccc(C(=O)CC2(OC)CCC2)cc1CC. The first kappa shape index (κ1) is 14.3. The second-order valence-corrected chi connectivity index (χ2v) is 5.53. The molecule has 0 unspecified atom stereocenters. The van der Waals surface area contributed by atoms with Gasteiger partial charge < -0.3 is 4.74 Å². The van der Waals surface area contributed by atoms with Crippen molar-refractivity contribution < 1.29 is 9.53 Å². The third-order valence-corrected chi connectivity index (χ3v) is 4.47. The van der Waals surface area contributed by atoms with E-state index in [1.807, 2.05) is 6.07 Å². The van der Waals surface area contributed by atoms with E-state index in [1.54, 1.807) is 7.11 Å². The average molecular weight is 260 g/mol. The van der Waals surface area contributed by atoms with Crippen molar-refractivity contribution in [2.75, 3.05) is 7.11 Å². The maximum atomic E-state index is 12.4. The van der Waals surface area contributed by atoms with Crippen LogP contribution in [0.15, 0.2) is 18.2 Å². The van der Waals surface area contributed by atoms with Gasteiger partial charge in [0.25, 0.3) is 0 Å². The number of carbonyl (C=O) groups is 1. The number of ketones is 1. The standard InChI is InChI=1S/C17H24O2/c1-4-13-7-8-15(11-14(13)5-2)16(18)12-17(19-3)9-6-10-17/h7-8,11H,4-6,9-10,12H2,1-3H3. The number of benzene rings is 1. The molecule has 2 heteroatoms. The van der Waals surface area contributed by atoms with Crippen molar-refractivity contribution in [3.05, 3.63) is 34.9 Å². The molecule has 19 heavy (non-hydrogen) atoms. The molecule has 2 rings (SSSR count). The van der Waals surface area contributed by atoms with Gasteiger partial charge >= 0.3 is 0 Å². The highest BCUT2D eigenvalue weighted by Crippen LogP contribution is 2.38. The molecular weight excluding hydrogens is 236 g/mol. The zero-order valence-corrected chi connectivity index (χ0v) is 12.3. The van der Waals surface area contributed by atoms with Gasteiger partial charge in [0.05, 0.1) is 5.60 Å². The lowest BCUT2D eigenvalue weighted by atomic mass is 9.75. The quantitative estimate of drug-likeness (QED) is 0.724. The number of hydrogen-bond acceptors (Lipinski definition) is 2. The van der Waals surface area contributed by atoms with E-state index in [-0.39, 0.29) is 11.4 Å². The Morgan fingerprint density at radius 2 is 1.89 bits per heavy atom. The summed E-state index contributed by atoms with van der Waals surface area (Å²) >= 11 is 0. The van der Waals surface area contributed by atoms with Gasteiger partial charge in [0.2, 0.25) is 0 Å². The van der Waals surface area contributed by atoms with Gasteiger partial charge in [0, 0.05) is 19.1 Å². The number of ether oxygens (including phenoxy) is 1. The number of Topliss-reactive ketones (excluding diaryl/α,β-unsaturated/α-hetero) is 1. The van der Waals surface area contributed by atoms with Crippen molar-refractivity contribution >= 4 is 5.78 Å². The average Bonchev–Trinajstić information content (AvgIpc) is 2.41.